The number of amides is 2. The van der Waals surface area contributed by atoms with Gasteiger partial charge in [-0.3, -0.25) is 9.59 Å². The number of thiophene rings is 1. The normalized spacial score (nSPS) is 28.7. The molecule has 0 aliphatic heterocycles. The van der Waals surface area contributed by atoms with Gasteiger partial charge in [0.05, 0.1) is 4.88 Å². The van der Waals surface area contributed by atoms with Crippen LogP contribution in [0.2, 0.25) is 0 Å². The molecule has 1 unspecified atom stereocenters. The van der Waals surface area contributed by atoms with Gasteiger partial charge in [-0.2, -0.15) is 0 Å². The van der Waals surface area contributed by atoms with Crippen LogP contribution in [0.25, 0.3) is 0 Å². The van der Waals surface area contributed by atoms with Crippen LogP contribution in [0, 0.1) is 17.8 Å². The van der Waals surface area contributed by atoms with Crippen molar-refractivity contribution in [3.05, 3.63) is 58.3 Å². The number of carbonyl (C=O) groups excluding carboxylic acids is 3. The Balaban J connectivity index is 1.23. The van der Waals surface area contributed by atoms with Crippen molar-refractivity contribution in [2.45, 2.75) is 69.6 Å². The zero-order chi connectivity index (χ0) is 23.7. The number of rotatable bonds is 8. The summed E-state index contributed by atoms with van der Waals surface area (Å²) in [7, 11) is 0. The fourth-order valence-corrected chi connectivity index (χ4v) is 7.24. The molecule has 4 aliphatic rings. The molecule has 2 atom stereocenters. The van der Waals surface area contributed by atoms with Gasteiger partial charge in [0.15, 0.2) is 6.10 Å². The number of hydrogen-bond donors (Lipinski definition) is 2. The van der Waals surface area contributed by atoms with Crippen LogP contribution in [0.15, 0.2) is 47.8 Å². The molecule has 180 valence electrons. The second-order valence-electron chi connectivity index (χ2n) is 10.5. The van der Waals surface area contributed by atoms with Crippen molar-refractivity contribution in [3.8, 4) is 0 Å². The number of ether oxygens (including phenoxy) is 1. The molecule has 4 saturated carbocycles. The maximum absolute atomic E-state index is 13.1. The summed E-state index contributed by atoms with van der Waals surface area (Å²) in [5.74, 6) is 0.991. The van der Waals surface area contributed by atoms with Gasteiger partial charge in [0.2, 0.25) is 0 Å². The summed E-state index contributed by atoms with van der Waals surface area (Å²) < 4.78 is 5.62. The average Bonchev–Trinajstić information content (AvgIpc) is 3.33. The van der Waals surface area contributed by atoms with Crippen LogP contribution >= 0.6 is 11.3 Å². The molecule has 0 spiro atoms. The van der Waals surface area contributed by atoms with Crippen LogP contribution in [-0.2, 0) is 20.7 Å². The average molecular weight is 481 g/mol. The standard InChI is InChI=1S/C27H32N2O4S/c1-17(24(30)29-27-14-19-10-20(15-27)12-21(11-19)16-27)33-26(32)22(13-18-6-3-2-4-7-18)28-25(31)23-8-5-9-34-23/h2-9,17,19-22H,10-16H2,1H3,(H,28,31)(H,29,30)/t17?,19?,20?,21?,22-,27?/m1/s1. The lowest BCUT2D eigenvalue weighted by molar-refractivity contribution is -0.158. The summed E-state index contributed by atoms with van der Waals surface area (Å²) in [6, 6.07) is 12.1. The summed E-state index contributed by atoms with van der Waals surface area (Å²) in [4.78, 5) is 39.4. The zero-order valence-corrected chi connectivity index (χ0v) is 20.3. The van der Waals surface area contributed by atoms with Crippen LogP contribution < -0.4 is 10.6 Å². The van der Waals surface area contributed by atoms with Crippen LogP contribution in [-0.4, -0.2) is 35.5 Å². The van der Waals surface area contributed by atoms with Crippen LogP contribution in [0.5, 0.6) is 0 Å². The van der Waals surface area contributed by atoms with Gasteiger partial charge in [0, 0.05) is 12.0 Å². The first-order chi connectivity index (χ1) is 16.4. The van der Waals surface area contributed by atoms with Gasteiger partial charge < -0.3 is 15.4 Å². The van der Waals surface area contributed by atoms with Crippen molar-refractivity contribution < 1.29 is 19.1 Å². The summed E-state index contributed by atoms with van der Waals surface area (Å²) in [6.07, 6.45) is 6.38. The molecule has 4 bridgehead atoms. The summed E-state index contributed by atoms with van der Waals surface area (Å²) >= 11 is 1.31. The van der Waals surface area contributed by atoms with E-state index in [1.807, 2.05) is 35.7 Å². The predicted octanol–water partition coefficient (Wildman–Crippen LogP) is 4.11. The molecule has 2 aromatic rings. The second kappa shape index (κ2) is 9.53. The van der Waals surface area contributed by atoms with Gasteiger partial charge in [-0.25, -0.2) is 4.79 Å². The summed E-state index contributed by atoms with van der Waals surface area (Å²) in [5, 5.41) is 7.90. The highest BCUT2D eigenvalue weighted by atomic mass is 32.1. The Morgan fingerprint density at radius 2 is 1.65 bits per heavy atom. The minimum atomic E-state index is -0.919. The molecule has 2 N–H and O–H groups in total. The van der Waals surface area contributed by atoms with Gasteiger partial charge in [-0.1, -0.05) is 36.4 Å². The molecule has 0 saturated heterocycles. The van der Waals surface area contributed by atoms with Crippen molar-refractivity contribution in [2.24, 2.45) is 17.8 Å². The Hall–Kier alpha value is -2.67. The Morgan fingerprint density at radius 1 is 1.00 bits per heavy atom. The number of benzene rings is 1. The lowest BCUT2D eigenvalue weighted by Gasteiger charge is -2.57. The van der Waals surface area contributed by atoms with Gasteiger partial charge in [-0.15, -0.1) is 11.3 Å². The molecule has 4 fully saturated rings. The fraction of sp³-hybridized carbons (Fsp3) is 0.519. The first-order valence-electron chi connectivity index (χ1n) is 12.3. The van der Waals surface area contributed by atoms with Crippen LogP contribution in [0.3, 0.4) is 0 Å². The van der Waals surface area contributed by atoms with Gasteiger partial charge in [0.1, 0.15) is 6.04 Å². The molecule has 4 aliphatic carbocycles. The molecule has 1 aromatic carbocycles. The highest BCUT2D eigenvalue weighted by Crippen LogP contribution is 2.55. The molecular formula is C27H32N2O4S. The molecule has 1 heterocycles. The monoisotopic (exact) mass is 480 g/mol. The quantitative estimate of drug-likeness (QED) is 0.557. The predicted molar refractivity (Wildman–Crippen MR) is 130 cm³/mol. The Bertz CT molecular complexity index is 1000. The minimum Gasteiger partial charge on any atom is -0.451 e. The van der Waals surface area contributed by atoms with E-state index in [4.69, 9.17) is 4.74 Å². The van der Waals surface area contributed by atoms with Crippen molar-refractivity contribution in [3.63, 3.8) is 0 Å². The number of esters is 1. The first-order valence-corrected chi connectivity index (χ1v) is 13.2. The largest absolute Gasteiger partial charge is 0.451 e. The van der Waals surface area contributed by atoms with E-state index in [9.17, 15) is 14.4 Å². The first kappa shape index (κ1) is 23.1. The SMILES string of the molecule is CC(OC(=O)[C@@H](Cc1ccccc1)NC(=O)c1cccs1)C(=O)NC12CC3CC(CC(C3)C1)C2. The van der Waals surface area contributed by atoms with E-state index in [0.717, 1.165) is 24.8 Å². The highest BCUT2D eigenvalue weighted by molar-refractivity contribution is 7.12. The highest BCUT2D eigenvalue weighted by Gasteiger charge is 2.51. The van der Waals surface area contributed by atoms with Crippen molar-refractivity contribution in [1.29, 1.82) is 0 Å². The van der Waals surface area contributed by atoms with E-state index in [1.165, 1.54) is 30.6 Å². The molecule has 7 heteroatoms. The number of hydrogen-bond acceptors (Lipinski definition) is 5. The molecular weight excluding hydrogens is 448 g/mol. The van der Waals surface area contributed by atoms with Crippen molar-refractivity contribution >= 4 is 29.1 Å². The number of nitrogens with one attached hydrogen (secondary N) is 2. The number of carbonyl (C=O) groups is 3. The van der Waals surface area contributed by atoms with Crippen molar-refractivity contribution in [1.82, 2.24) is 10.6 Å². The third-order valence-corrected chi connectivity index (χ3v) is 8.57. The Labute approximate surface area is 204 Å². The molecule has 0 radical (unpaired) electrons. The lowest BCUT2D eigenvalue weighted by Crippen LogP contribution is -2.61. The molecule has 6 rings (SSSR count). The second-order valence-corrected chi connectivity index (χ2v) is 11.4. The third-order valence-electron chi connectivity index (χ3n) is 7.71. The van der Waals surface area contributed by atoms with E-state index < -0.39 is 18.1 Å². The zero-order valence-electron chi connectivity index (χ0n) is 19.5. The van der Waals surface area contributed by atoms with Gasteiger partial charge in [0.25, 0.3) is 11.8 Å². The van der Waals surface area contributed by atoms with Gasteiger partial charge >= 0.3 is 5.97 Å². The maximum Gasteiger partial charge on any atom is 0.329 e. The maximum atomic E-state index is 13.1. The Kier molecular flexibility index (Phi) is 6.47. The minimum absolute atomic E-state index is 0.136. The van der Waals surface area contributed by atoms with Crippen molar-refractivity contribution in [2.75, 3.05) is 0 Å². The van der Waals surface area contributed by atoms with E-state index in [2.05, 4.69) is 10.6 Å². The molecule has 1 aromatic heterocycles. The molecule has 34 heavy (non-hydrogen) atoms. The van der Waals surface area contributed by atoms with Crippen LogP contribution in [0.4, 0.5) is 0 Å². The third kappa shape index (κ3) is 5.04. The smallest absolute Gasteiger partial charge is 0.329 e. The topological polar surface area (TPSA) is 84.5 Å². The van der Waals surface area contributed by atoms with Gasteiger partial charge in [-0.05, 0) is 80.2 Å². The van der Waals surface area contributed by atoms with E-state index in [0.29, 0.717) is 29.1 Å². The summed E-state index contributed by atoms with van der Waals surface area (Å²) in [5.41, 5.74) is 0.769. The molecule has 6 nitrogen and oxygen atoms in total. The van der Waals surface area contributed by atoms with Crippen LogP contribution in [0.1, 0.15) is 60.7 Å². The lowest BCUT2D eigenvalue weighted by atomic mass is 9.53. The molecule has 2 amide bonds. The van der Waals surface area contributed by atoms with E-state index in [-0.39, 0.29) is 17.4 Å². The summed E-state index contributed by atoms with van der Waals surface area (Å²) in [6.45, 7) is 1.62. The fourth-order valence-electron chi connectivity index (χ4n) is 6.62. The Morgan fingerprint density at radius 3 is 2.24 bits per heavy atom. The van der Waals surface area contributed by atoms with E-state index >= 15 is 0 Å². The van der Waals surface area contributed by atoms with E-state index in [1.54, 1.807) is 19.1 Å².